The second-order valence-corrected chi connectivity index (χ2v) is 4.48. The fourth-order valence-corrected chi connectivity index (χ4v) is 1.73. The maximum atomic E-state index is 11.6. The number of hydrogen-bond acceptors (Lipinski definition) is 6. The number of halogens is 1. The van der Waals surface area contributed by atoms with Crippen molar-refractivity contribution < 1.29 is 14.6 Å². The van der Waals surface area contributed by atoms with Crippen molar-refractivity contribution in [1.29, 1.82) is 0 Å². The molecule has 0 amide bonds. The topological polar surface area (TPSA) is 72.3 Å². The largest absolute Gasteiger partial charge is 0.508 e. The van der Waals surface area contributed by atoms with Gasteiger partial charge in [0.05, 0.1) is 5.56 Å². The lowest BCUT2D eigenvalue weighted by molar-refractivity contribution is 0.0467. The van der Waals surface area contributed by atoms with Crippen LogP contribution in [0.1, 0.15) is 16.1 Å². The number of esters is 1. The molecule has 0 bridgehead atoms. The Morgan fingerprint density at radius 2 is 2.35 bits per heavy atom. The Hall–Kier alpha value is -1.66. The summed E-state index contributed by atoms with van der Waals surface area (Å²) in [5, 5.41) is 12.9. The molecule has 0 aliphatic carbocycles. The number of aromatic nitrogens is 2. The minimum Gasteiger partial charge on any atom is -0.508 e. The summed E-state index contributed by atoms with van der Waals surface area (Å²) in [7, 11) is 0. The molecule has 0 saturated carbocycles. The molecule has 0 unspecified atom stereocenters. The number of rotatable bonds is 3. The molecule has 0 spiro atoms. The molecule has 1 aromatic carbocycles. The summed E-state index contributed by atoms with van der Waals surface area (Å²) in [6.07, 6.45) is 0. The Kier molecular flexibility index (Phi) is 3.55. The number of phenolic OH excluding ortho intramolecular Hbond substituents is 1. The van der Waals surface area contributed by atoms with Crippen molar-refractivity contribution in [2.45, 2.75) is 6.61 Å². The number of carbonyl (C=O) groups is 1. The monoisotopic (exact) mass is 270 g/mol. The van der Waals surface area contributed by atoms with Gasteiger partial charge in [-0.2, -0.15) is 0 Å². The molecule has 0 aliphatic heterocycles. The van der Waals surface area contributed by atoms with E-state index in [0.29, 0.717) is 10.0 Å². The molecule has 1 aromatic heterocycles. The molecule has 1 heterocycles. The van der Waals surface area contributed by atoms with Gasteiger partial charge >= 0.3 is 5.97 Å². The zero-order valence-electron chi connectivity index (χ0n) is 8.46. The van der Waals surface area contributed by atoms with Crippen molar-refractivity contribution in [3.8, 4) is 5.75 Å². The van der Waals surface area contributed by atoms with Crippen LogP contribution in [-0.2, 0) is 11.3 Å². The van der Waals surface area contributed by atoms with E-state index in [1.165, 1.54) is 12.1 Å². The molecule has 2 aromatic rings. The van der Waals surface area contributed by atoms with Crippen molar-refractivity contribution in [1.82, 2.24) is 9.59 Å². The number of phenols is 1. The van der Waals surface area contributed by atoms with E-state index < -0.39 is 5.97 Å². The van der Waals surface area contributed by atoms with Crippen LogP contribution in [0.15, 0.2) is 24.3 Å². The SMILES string of the molecule is O=C(OCc1nnsc1Cl)c1cccc(O)c1. The standard InChI is InChI=1S/C10H7ClN2O3S/c11-9-8(12-13-17-9)5-16-10(15)6-2-1-3-7(14)4-6/h1-4,14H,5H2. The lowest BCUT2D eigenvalue weighted by atomic mass is 10.2. The highest BCUT2D eigenvalue weighted by Crippen LogP contribution is 2.19. The van der Waals surface area contributed by atoms with Gasteiger partial charge in [-0.25, -0.2) is 4.79 Å². The van der Waals surface area contributed by atoms with Crippen molar-refractivity contribution in [2.75, 3.05) is 0 Å². The highest BCUT2D eigenvalue weighted by Gasteiger charge is 2.11. The van der Waals surface area contributed by atoms with Crippen LogP contribution >= 0.6 is 23.1 Å². The van der Waals surface area contributed by atoms with Crippen molar-refractivity contribution in [2.24, 2.45) is 0 Å². The highest BCUT2D eigenvalue weighted by atomic mass is 35.5. The van der Waals surface area contributed by atoms with E-state index in [2.05, 4.69) is 9.59 Å². The van der Waals surface area contributed by atoms with E-state index in [9.17, 15) is 9.90 Å². The zero-order chi connectivity index (χ0) is 12.3. The summed E-state index contributed by atoms with van der Waals surface area (Å²) < 4.78 is 8.99. The Morgan fingerprint density at radius 1 is 1.53 bits per heavy atom. The van der Waals surface area contributed by atoms with Gasteiger partial charge in [-0.05, 0) is 18.2 Å². The molecule has 17 heavy (non-hydrogen) atoms. The van der Waals surface area contributed by atoms with Gasteiger partial charge < -0.3 is 9.84 Å². The predicted molar refractivity (Wildman–Crippen MR) is 62.1 cm³/mol. The van der Waals surface area contributed by atoms with Crippen LogP contribution in [0.25, 0.3) is 0 Å². The van der Waals surface area contributed by atoms with E-state index in [-0.39, 0.29) is 17.9 Å². The van der Waals surface area contributed by atoms with Crippen molar-refractivity contribution >= 4 is 29.1 Å². The van der Waals surface area contributed by atoms with E-state index in [1.54, 1.807) is 12.1 Å². The van der Waals surface area contributed by atoms with Gasteiger partial charge in [0.15, 0.2) is 0 Å². The molecular formula is C10H7ClN2O3S. The Balaban J connectivity index is 2.01. The summed E-state index contributed by atoms with van der Waals surface area (Å²) >= 11 is 6.78. The normalized spacial score (nSPS) is 10.2. The first-order valence-electron chi connectivity index (χ1n) is 4.59. The fraction of sp³-hybridized carbons (Fsp3) is 0.100. The number of nitrogens with zero attached hydrogens (tertiary/aromatic N) is 2. The Labute approximate surface area is 106 Å². The van der Waals surface area contributed by atoms with Gasteiger partial charge in [0, 0.05) is 11.5 Å². The molecule has 5 nitrogen and oxygen atoms in total. The smallest absolute Gasteiger partial charge is 0.338 e. The highest BCUT2D eigenvalue weighted by molar-refractivity contribution is 7.10. The van der Waals surface area contributed by atoms with Gasteiger partial charge in [0.2, 0.25) is 0 Å². The molecule has 0 fully saturated rings. The molecule has 0 aliphatic rings. The Morgan fingerprint density at radius 3 is 3.00 bits per heavy atom. The van der Waals surface area contributed by atoms with Crippen LogP contribution < -0.4 is 0 Å². The van der Waals surface area contributed by atoms with E-state index in [0.717, 1.165) is 11.5 Å². The van der Waals surface area contributed by atoms with Gasteiger partial charge in [-0.15, -0.1) is 5.10 Å². The summed E-state index contributed by atoms with van der Waals surface area (Å²) in [5.41, 5.74) is 0.689. The lowest BCUT2D eigenvalue weighted by Crippen LogP contribution is -2.05. The molecule has 88 valence electrons. The van der Waals surface area contributed by atoms with E-state index in [4.69, 9.17) is 16.3 Å². The molecule has 2 rings (SSSR count). The van der Waals surface area contributed by atoms with Crippen LogP contribution in [0.2, 0.25) is 4.34 Å². The lowest BCUT2D eigenvalue weighted by Gasteiger charge is -2.03. The van der Waals surface area contributed by atoms with Gasteiger partial charge in [-0.1, -0.05) is 22.2 Å². The first-order valence-corrected chi connectivity index (χ1v) is 5.75. The maximum Gasteiger partial charge on any atom is 0.338 e. The van der Waals surface area contributed by atoms with Crippen LogP contribution in [-0.4, -0.2) is 20.7 Å². The molecule has 0 saturated heterocycles. The quantitative estimate of drug-likeness (QED) is 0.866. The van der Waals surface area contributed by atoms with Crippen LogP contribution in [0.5, 0.6) is 5.75 Å². The average molecular weight is 271 g/mol. The van der Waals surface area contributed by atoms with Crippen LogP contribution in [0.4, 0.5) is 0 Å². The summed E-state index contributed by atoms with van der Waals surface area (Å²) in [6.45, 7) is -0.0379. The minimum absolute atomic E-state index is 0.00723. The molecule has 0 radical (unpaired) electrons. The minimum atomic E-state index is -0.551. The second kappa shape index (κ2) is 5.11. The molecule has 0 atom stereocenters. The number of ether oxygens (including phenoxy) is 1. The number of benzene rings is 1. The number of hydrogen-bond donors (Lipinski definition) is 1. The Bertz CT molecular complexity index is 544. The van der Waals surface area contributed by atoms with E-state index in [1.807, 2.05) is 0 Å². The van der Waals surface area contributed by atoms with Crippen LogP contribution in [0.3, 0.4) is 0 Å². The first-order chi connectivity index (χ1) is 8.16. The third-order valence-corrected chi connectivity index (χ3v) is 2.92. The number of carbonyl (C=O) groups excluding carboxylic acids is 1. The summed E-state index contributed by atoms with van der Waals surface area (Å²) in [6, 6.07) is 5.90. The molecular weight excluding hydrogens is 264 g/mol. The van der Waals surface area contributed by atoms with Gasteiger partial charge in [-0.3, -0.25) is 0 Å². The fourth-order valence-electron chi connectivity index (χ4n) is 1.13. The van der Waals surface area contributed by atoms with Crippen molar-refractivity contribution in [3.63, 3.8) is 0 Å². The second-order valence-electron chi connectivity index (χ2n) is 3.12. The van der Waals surface area contributed by atoms with Crippen LogP contribution in [0, 0.1) is 0 Å². The van der Waals surface area contributed by atoms with Crippen molar-refractivity contribution in [3.05, 3.63) is 39.9 Å². The van der Waals surface area contributed by atoms with Gasteiger partial charge in [0.25, 0.3) is 0 Å². The summed E-state index contributed by atoms with van der Waals surface area (Å²) in [5.74, 6) is -0.544. The predicted octanol–water partition coefficient (Wildman–Crippen LogP) is 2.25. The third-order valence-electron chi connectivity index (χ3n) is 1.93. The average Bonchev–Trinajstić information content (AvgIpc) is 2.72. The first kappa shape index (κ1) is 11.8. The summed E-state index contributed by atoms with van der Waals surface area (Å²) in [4.78, 5) is 11.6. The maximum absolute atomic E-state index is 11.6. The van der Waals surface area contributed by atoms with E-state index >= 15 is 0 Å². The molecule has 7 heteroatoms. The number of aromatic hydroxyl groups is 1. The van der Waals surface area contributed by atoms with Gasteiger partial charge in [0.1, 0.15) is 22.4 Å². The molecule has 1 N–H and O–H groups in total. The zero-order valence-corrected chi connectivity index (χ0v) is 10.0. The third kappa shape index (κ3) is 2.92.